The van der Waals surface area contributed by atoms with E-state index in [1.165, 1.54) is 12.3 Å². The smallest absolute Gasteiger partial charge is 0.344 e. The molecule has 6 heteroatoms. The monoisotopic (exact) mass is 332 g/mol. The molecule has 0 spiro atoms. The molecule has 2 aromatic rings. The molecule has 5 nitrogen and oxygen atoms in total. The van der Waals surface area contributed by atoms with Crippen molar-refractivity contribution in [1.29, 1.82) is 0 Å². The standard InChI is InChI=1S/C17H20N2O3S/c1-5-22-15(20)13-7-6-10-19(21)14(13)9-8-12-11-18-16(23-12)17(2,3)4/h6-11H,5H2,1-4H3. The lowest BCUT2D eigenvalue weighted by Crippen LogP contribution is -2.31. The first-order chi connectivity index (χ1) is 10.8. The number of ether oxygens (including phenoxy) is 1. The van der Waals surface area contributed by atoms with E-state index >= 15 is 0 Å². The Morgan fingerprint density at radius 1 is 1.43 bits per heavy atom. The van der Waals surface area contributed by atoms with E-state index in [0.717, 1.165) is 9.88 Å². The van der Waals surface area contributed by atoms with Crippen LogP contribution in [0.25, 0.3) is 12.2 Å². The maximum absolute atomic E-state index is 12.0. The largest absolute Gasteiger partial charge is 0.618 e. The molecule has 0 atom stereocenters. The van der Waals surface area contributed by atoms with Gasteiger partial charge in [-0.05, 0) is 19.1 Å². The van der Waals surface area contributed by atoms with Crippen molar-refractivity contribution < 1.29 is 14.3 Å². The molecule has 0 bridgehead atoms. The number of hydrogen-bond acceptors (Lipinski definition) is 5. The summed E-state index contributed by atoms with van der Waals surface area (Å²) in [4.78, 5) is 17.3. The van der Waals surface area contributed by atoms with E-state index in [2.05, 4.69) is 25.8 Å². The second kappa shape index (κ2) is 6.91. The summed E-state index contributed by atoms with van der Waals surface area (Å²) in [5.74, 6) is -0.503. The summed E-state index contributed by atoms with van der Waals surface area (Å²) in [6, 6.07) is 3.11. The third kappa shape index (κ3) is 4.16. The maximum atomic E-state index is 12.0. The number of hydrogen-bond donors (Lipinski definition) is 0. The van der Waals surface area contributed by atoms with Crippen LogP contribution in [0, 0.1) is 5.21 Å². The summed E-state index contributed by atoms with van der Waals surface area (Å²) in [6.07, 6.45) is 6.54. The Kier molecular flexibility index (Phi) is 5.15. The van der Waals surface area contributed by atoms with Gasteiger partial charge in [-0.3, -0.25) is 0 Å². The zero-order valence-electron chi connectivity index (χ0n) is 13.7. The van der Waals surface area contributed by atoms with Gasteiger partial charge in [0.05, 0.1) is 11.6 Å². The SMILES string of the molecule is CCOC(=O)c1ccc[n+]([O-])c1C=Cc1cnc(C(C)(C)C)s1. The molecule has 0 aliphatic carbocycles. The molecule has 122 valence electrons. The fourth-order valence-corrected chi connectivity index (χ4v) is 2.79. The minimum atomic E-state index is -0.503. The summed E-state index contributed by atoms with van der Waals surface area (Å²) in [7, 11) is 0. The van der Waals surface area contributed by atoms with E-state index in [-0.39, 0.29) is 23.3 Å². The average Bonchev–Trinajstić information content (AvgIpc) is 2.95. The maximum Gasteiger partial charge on any atom is 0.344 e. The number of pyridine rings is 1. The number of nitrogens with zero attached hydrogens (tertiary/aromatic N) is 2. The lowest BCUT2D eigenvalue weighted by atomic mass is 9.98. The zero-order chi connectivity index (χ0) is 17.0. The minimum absolute atomic E-state index is 0.0158. The predicted octanol–water partition coefficient (Wildman–Crippen LogP) is 3.42. The Morgan fingerprint density at radius 2 is 2.17 bits per heavy atom. The van der Waals surface area contributed by atoms with Crippen molar-refractivity contribution in [3.05, 3.63) is 50.9 Å². The topological polar surface area (TPSA) is 66.1 Å². The highest BCUT2D eigenvalue weighted by Crippen LogP contribution is 2.27. The second-order valence-electron chi connectivity index (χ2n) is 6.00. The van der Waals surface area contributed by atoms with Crippen LogP contribution in [0.4, 0.5) is 0 Å². The van der Waals surface area contributed by atoms with Crippen molar-refractivity contribution in [2.24, 2.45) is 0 Å². The van der Waals surface area contributed by atoms with Gasteiger partial charge in [0.15, 0.2) is 6.20 Å². The first-order valence-corrected chi connectivity index (χ1v) is 8.18. The first-order valence-electron chi connectivity index (χ1n) is 7.36. The van der Waals surface area contributed by atoms with Crippen LogP contribution in [0.3, 0.4) is 0 Å². The molecule has 0 aliphatic rings. The fourth-order valence-electron chi connectivity index (χ4n) is 1.92. The summed E-state index contributed by atoms with van der Waals surface area (Å²) < 4.78 is 5.65. The van der Waals surface area contributed by atoms with Crippen LogP contribution in [0.15, 0.2) is 24.5 Å². The number of carbonyl (C=O) groups is 1. The van der Waals surface area contributed by atoms with Crippen LogP contribution >= 0.6 is 11.3 Å². The molecule has 0 radical (unpaired) electrons. The molecule has 0 amide bonds. The molecule has 0 aliphatic heterocycles. The van der Waals surface area contributed by atoms with Gasteiger partial charge in [0.2, 0.25) is 5.69 Å². The number of esters is 1. The van der Waals surface area contributed by atoms with Crippen molar-refractivity contribution in [1.82, 2.24) is 4.98 Å². The highest BCUT2D eigenvalue weighted by molar-refractivity contribution is 7.12. The van der Waals surface area contributed by atoms with Gasteiger partial charge in [-0.25, -0.2) is 9.78 Å². The Bertz CT molecular complexity index is 730. The third-order valence-electron chi connectivity index (χ3n) is 3.06. The van der Waals surface area contributed by atoms with Crippen LogP contribution in [0.1, 0.15) is 53.6 Å². The molecule has 0 fully saturated rings. The van der Waals surface area contributed by atoms with Crippen LogP contribution in [-0.4, -0.2) is 17.6 Å². The van der Waals surface area contributed by atoms with Crippen molar-refractivity contribution in [3.8, 4) is 0 Å². The molecule has 0 saturated carbocycles. The van der Waals surface area contributed by atoms with Crippen LogP contribution in [0.5, 0.6) is 0 Å². The second-order valence-corrected chi connectivity index (χ2v) is 7.07. The van der Waals surface area contributed by atoms with Crippen molar-refractivity contribution in [2.45, 2.75) is 33.1 Å². The number of thiazole rings is 1. The fraction of sp³-hybridized carbons (Fsp3) is 0.353. The third-order valence-corrected chi connectivity index (χ3v) is 4.45. The van der Waals surface area contributed by atoms with Crippen LogP contribution in [-0.2, 0) is 10.2 Å². The molecule has 2 aromatic heterocycles. The van der Waals surface area contributed by atoms with Crippen molar-refractivity contribution in [3.63, 3.8) is 0 Å². The molecule has 0 aromatic carbocycles. The van der Waals surface area contributed by atoms with Crippen LogP contribution in [0.2, 0.25) is 0 Å². The minimum Gasteiger partial charge on any atom is -0.618 e. The van der Waals surface area contributed by atoms with Crippen molar-refractivity contribution in [2.75, 3.05) is 6.61 Å². The van der Waals surface area contributed by atoms with E-state index in [0.29, 0.717) is 4.73 Å². The summed E-state index contributed by atoms with van der Waals surface area (Å²) >= 11 is 1.56. The number of aromatic nitrogens is 2. The number of rotatable bonds is 4. The first kappa shape index (κ1) is 17.1. The van der Waals surface area contributed by atoms with Gasteiger partial charge >= 0.3 is 5.97 Å². The van der Waals surface area contributed by atoms with Gasteiger partial charge in [0, 0.05) is 28.6 Å². The van der Waals surface area contributed by atoms with Gasteiger partial charge < -0.3 is 9.94 Å². The van der Waals surface area contributed by atoms with Gasteiger partial charge in [0.1, 0.15) is 5.56 Å². The number of carbonyl (C=O) groups excluding carboxylic acids is 1. The molecule has 0 N–H and O–H groups in total. The summed E-state index contributed by atoms with van der Waals surface area (Å²) in [5, 5.41) is 13.0. The summed E-state index contributed by atoms with van der Waals surface area (Å²) in [5.41, 5.74) is 0.496. The van der Waals surface area contributed by atoms with Gasteiger partial charge in [-0.2, -0.15) is 4.73 Å². The van der Waals surface area contributed by atoms with E-state index in [1.54, 1.807) is 42.7 Å². The molecular weight excluding hydrogens is 312 g/mol. The molecule has 23 heavy (non-hydrogen) atoms. The summed E-state index contributed by atoms with van der Waals surface area (Å²) in [6.45, 7) is 8.29. The zero-order valence-corrected chi connectivity index (χ0v) is 14.5. The lowest BCUT2D eigenvalue weighted by Gasteiger charge is -2.13. The predicted molar refractivity (Wildman–Crippen MR) is 91.1 cm³/mol. The van der Waals surface area contributed by atoms with E-state index in [9.17, 15) is 10.0 Å². The Balaban J connectivity index is 2.32. The van der Waals surface area contributed by atoms with Crippen molar-refractivity contribution >= 4 is 29.5 Å². The quantitative estimate of drug-likeness (QED) is 0.489. The Labute approximate surface area is 139 Å². The molecule has 2 heterocycles. The van der Waals surface area contributed by atoms with Gasteiger partial charge in [-0.1, -0.05) is 20.8 Å². The molecule has 2 rings (SSSR count). The highest BCUT2D eigenvalue weighted by atomic mass is 32.1. The molecule has 0 unspecified atom stereocenters. The van der Waals surface area contributed by atoms with Crippen LogP contribution < -0.4 is 4.73 Å². The molecular formula is C17H20N2O3S. The van der Waals surface area contributed by atoms with E-state index in [1.807, 2.05) is 0 Å². The Hall–Kier alpha value is -2.21. The Morgan fingerprint density at radius 3 is 2.78 bits per heavy atom. The van der Waals surface area contributed by atoms with E-state index in [4.69, 9.17) is 4.74 Å². The molecule has 0 saturated heterocycles. The lowest BCUT2D eigenvalue weighted by molar-refractivity contribution is -0.607. The van der Waals surface area contributed by atoms with Gasteiger partial charge in [-0.15, -0.1) is 11.3 Å². The highest BCUT2D eigenvalue weighted by Gasteiger charge is 2.19. The van der Waals surface area contributed by atoms with Gasteiger partial charge in [0.25, 0.3) is 0 Å². The average molecular weight is 332 g/mol. The van der Waals surface area contributed by atoms with E-state index < -0.39 is 5.97 Å². The normalized spacial score (nSPS) is 11.8.